The second kappa shape index (κ2) is 4.31. The van der Waals surface area contributed by atoms with Gasteiger partial charge in [-0.3, -0.25) is 0 Å². The van der Waals surface area contributed by atoms with Crippen LogP contribution in [0, 0.1) is 5.41 Å². The highest BCUT2D eigenvalue weighted by atomic mass is 14.4. The summed E-state index contributed by atoms with van der Waals surface area (Å²) in [5, 5.41) is 6.95. The first kappa shape index (κ1) is 7.15. The lowest BCUT2D eigenvalue weighted by molar-refractivity contribution is 1.50. The first-order chi connectivity index (χ1) is 3.77. The molecule has 0 bridgehead atoms. The summed E-state index contributed by atoms with van der Waals surface area (Å²) in [6, 6.07) is 0. The quantitative estimate of drug-likeness (QED) is 0.415. The van der Waals surface area contributed by atoms with Gasteiger partial charge in [0.05, 0.1) is 0 Å². The summed E-state index contributed by atoms with van der Waals surface area (Å²) in [4.78, 5) is 0. The van der Waals surface area contributed by atoms with Crippen molar-refractivity contribution in [2.45, 2.75) is 13.8 Å². The second-order valence-electron chi connectivity index (χ2n) is 1.57. The summed E-state index contributed by atoms with van der Waals surface area (Å²) in [5.74, 6) is 0. The number of hydrogen-bond donors (Lipinski definition) is 1. The Kier molecular flexibility index (Phi) is 3.85. The molecule has 8 heavy (non-hydrogen) atoms. The van der Waals surface area contributed by atoms with Gasteiger partial charge in [-0.15, -0.1) is 0 Å². The lowest BCUT2D eigenvalue weighted by atomic mass is 10.3. The van der Waals surface area contributed by atoms with E-state index in [1.54, 1.807) is 13.0 Å². The van der Waals surface area contributed by atoms with Crippen molar-refractivity contribution < 1.29 is 0 Å². The predicted octanol–water partition coefficient (Wildman–Crippen LogP) is 2.16. The molecule has 0 spiro atoms. The van der Waals surface area contributed by atoms with Crippen molar-refractivity contribution in [3.05, 3.63) is 24.3 Å². The number of rotatable bonds is 2. The van der Waals surface area contributed by atoms with Crippen LogP contribution >= 0.6 is 0 Å². The third kappa shape index (κ3) is 5.15. The Hall–Kier alpha value is -0.850. The summed E-state index contributed by atoms with van der Waals surface area (Å²) in [7, 11) is 0. The molecular weight excluding hydrogens is 98.1 g/mol. The van der Waals surface area contributed by atoms with Crippen LogP contribution in [0.15, 0.2) is 24.3 Å². The zero-order chi connectivity index (χ0) is 6.41. The molecule has 0 saturated heterocycles. The molecule has 1 N–H and O–H groups in total. The van der Waals surface area contributed by atoms with E-state index in [2.05, 4.69) is 0 Å². The Morgan fingerprint density at radius 2 is 2.00 bits per heavy atom. The molecule has 44 valence electrons. The molecule has 0 saturated carbocycles. The summed E-state index contributed by atoms with van der Waals surface area (Å²) < 4.78 is 0. The van der Waals surface area contributed by atoms with Gasteiger partial charge in [0.2, 0.25) is 0 Å². The molecule has 0 amide bonds. The molecule has 0 aliphatic heterocycles. The van der Waals surface area contributed by atoms with Crippen LogP contribution in [0.2, 0.25) is 0 Å². The van der Waals surface area contributed by atoms with E-state index in [9.17, 15) is 0 Å². The van der Waals surface area contributed by atoms with Gasteiger partial charge in [0.25, 0.3) is 0 Å². The van der Waals surface area contributed by atoms with Crippen molar-refractivity contribution in [2.24, 2.45) is 0 Å². The van der Waals surface area contributed by atoms with Crippen LogP contribution in [0.25, 0.3) is 0 Å². The average molecular weight is 109 g/mol. The second-order valence-corrected chi connectivity index (χ2v) is 1.57. The molecule has 1 heteroatoms. The van der Waals surface area contributed by atoms with Gasteiger partial charge in [-0.05, 0) is 19.9 Å². The SMILES string of the molecule is CC=C/C=C\C(C)=N. The van der Waals surface area contributed by atoms with Crippen LogP contribution in [0.4, 0.5) is 0 Å². The van der Waals surface area contributed by atoms with Crippen molar-refractivity contribution in [2.75, 3.05) is 0 Å². The highest BCUT2D eigenvalue weighted by molar-refractivity contribution is 5.90. The molecule has 0 radical (unpaired) electrons. The summed E-state index contributed by atoms with van der Waals surface area (Å²) in [6.07, 6.45) is 7.43. The van der Waals surface area contributed by atoms with E-state index in [1.807, 2.05) is 25.2 Å². The van der Waals surface area contributed by atoms with E-state index >= 15 is 0 Å². The third-order valence-electron chi connectivity index (χ3n) is 0.650. The van der Waals surface area contributed by atoms with Crippen molar-refractivity contribution >= 4 is 5.71 Å². The zero-order valence-electron chi connectivity index (χ0n) is 5.31. The normalized spacial score (nSPS) is 11.2. The van der Waals surface area contributed by atoms with Gasteiger partial charge in [0.15, 0.2) is 0 Å². The number of hydrogen-bond acceptors (Lipinski definition) is 1. The van der Waals surface area contributed by atoms with Gasteiger partial charge < -0.3 is 5.41 Å². The maximum Gasteiger partial charge on any atom is 0.0282 e. The molecular formula is C7H11N. The van der Waals surface area contributed by atoms with Crippen molar-refractivity contribution in [3.8, 4) is 0 Å². The lowest BCUT2D eigenvalue weighted by Crippen LogP contribution is -1.75. The van der Waals surface area contributed by atoms with Crippen molar-refractivity contribution in [3.63, 3.8) is 0 Å². The van der Waals surface area contributed by atoms with Gasteiger partial charge in [-0.25, -0.2) is 0 Å². The smallest absolute Gasteiger partial charge is 0.0282 e. The zero-order valence-corrected chi connectivity index (χ0v) is 5.31. The third-order valence-corrected chi connectivity index (χ3v) is 0.650. The Labute approximate surface area is 50.2 Å². The topological polar surface area (TPSA) is 23.9 Å². The van der Waals surface area contributed by atoms with Crippen LogP contribution in [0.1, 0.15) is 13.8 Å². The molecule has 0 aromatic rings. The van der Waals surface area contributed by atoms with E-state index in [4.69, 9.17) is 5.41 Å². The first-order valence-electron chi connectivity index (χ1n) is 2.62. The van der Waals surface area contributed by atoms with Gasteiger partial charge in [-0.1, -0.05) is 18.2 Å². The van der Waals surface area contributed by atoms with Crippen LogP contribution in [-0.2, 0) is 0 Å². The molecule has 0 aliphatic rings. The van der Waals surface area contributed by atoms with Crippen LogP contribution in [0.5, 0.6) is 0 Å². The molecule has 0 aliphatic carbocycles. The first-order valence-corrected chi connectivity index (χ1v) is 2.62. The minimum Gasteiger partial charge on any atom is -0.306 e. The molecule has 0 atom stereocenters. The number of nitrogens with one attached hydrogen (secondary N) is 1. The molecule has 0 aromatic heterocycles. The minimum absolute atomic E-state index is 0.586. The van der Waals surface area contributed by atoms with E-state index in [1.165, 1.54) is 0 Å². The highest BCUT2D eigenvalue weighted by Crippen LogP contribution is 1.77. The molecule has 0 heterocycles. The van der Waals surface area contributed by atoms with Crippen LogP contribution < -0.4 is 0 Å². The Morgan fingerprint density at radius 3 is 2.38 bits per heavy atom. The summed E-state index contributed by atoms with van der Waals surface area (Å²) >= 11 is 0. The predicted molar refractivity (Wildman–Crippen MR) is 37.4 cm³/mol. The fraction of sp³-hybridized carbons (Fsp3) is 0.286. The summed E-state index contributed by atoms with van der Waals surface area (Å²) in [5.41, 5.74) is 0.586. The Bertz CT molecular complexity index is 120. The lowest BCUT2D eigenvalue weighted by Gasteiger charge is -1.76. The maximum absolute atomic E-state index is 6.95. The molecule has 0 aromatic carbocycles. The summed E-state index contributed by atoms with van der Waals surface area (Å²) in [6.45, 7) is 3.70. The van der Waals surface area contributed by atoms with E-state index in [0.29, 0.717) is 5.71 Å². The standard InChI is InChI=1S/C7H11N/c1-3-4-5-6-7(2)8/h3-6,8H,1-2H3/b4-3?,6-5-,8-7?. The molecule has 0 fully saturated rings. The average Bonchev–Trinajstić information content (AvgIpc) is 1.66. The van der Waals surface area contributed by atoms with Gasteiger partial charge >= 0.3 is 0 Å². The van der Waals surface area contributed by atoms with Gasteiger partial charge in [-0.2, -0.15) is 0 Å². The van der Waals surface area contributed by atoms with Crippen LogP contribution in [-0.4, -0.2) is 5.71 Å². The largest absolute Gasteiger partial charge is 0.306 e. The van der Waals surface area contributed by atoms with E-state index in [-0.39, 0.29) is 0 Å². The number of allylic oxidation sites excluding steroid dienone is 4. The van der Waals surface area contributed by atoms with Gasteiger partial charge in [0.1, 0.15) is 0 Å². The fourth-order valence-electron chi connectivity index (χ4n) is 0.311. The molecule has 0 unspecified atom stereocenters. The minimum atomic E-state index is 0.586. The molecule has 1 nitrogen and oxygen atoms in total. The van der Waals surface area contributed by atoms with E-state index < -0.39 is 0 Å². The monoisotopic (exact) mass is 109 g/mol. The van der Waals surface area contributed by atoms with E-state index in [0.717, 1.165) is 0 Å². The molecule has 0 rings (SSSR count). The van der Waals surface area contributed by atoms with Crippen LogP contribution in [0.3, 0.4) is 0 Å². The Balaban J connectivity index is 3.50. The Morgan fingerprint density at radius 1 is 1.38 bits per heavy atom. The van der Waals surface area contributed by atoms with Crippen molar-refractivity contribution in [1.82, 2.24) is 0 Å². The maximum atomic E-state index is 6.95. The van der Waals surface area contributed by atoms with Gasteiger partial charge in [0, 0.05) is 5.71 Å². The fourth-order valence-corrected chi connectivity index (χ4v) is 0.311. The highest BCUT2D eigenvalue weighted by Gasteiger charge is 1.69. The van der Waals surface area contributed by atoms with Crippen molar-refractivity contribution in [1.29, 1.82) is 5.41 Å².